The Hall–Kier alpha value is -1.55. The van der Waals surface area contributed by atoms with E-state index in [1.54, 1.807) is 13.0 Å². The van der Waals surface area contributed by atoms with Gasteiger partial charge in [-0.1, -0.05) is 18.2 Å². The van der Waals surface area contributed by atoms with Crippen LogP contribution >= 0.6 is 0 Å². The fourth-order valence-corrected chi connectivity index (χ4v) is 1.37. The summed E-state index contributed by atoms with van der Waals surface area (Å²) in [6, 6.07) is 7.35. The molecule has 1 rings (SSSR count). The van der Waals surface area contributed by atoms with Gasteiger partial charge < -0.3 is 15.9 Å². The van der Waals surface area contributed by atoms with E-state index in [9.17, 15) is 4.79 Å². The lowest BCUT2D eigenvalue weighted by molar-refractivity contribution is -0.148. The molecule has 0 heterocycles. The van der Waals surface area contributed by atoms with E-state index in [4.69, 9.17) is 10.5 Å². The first-order valence-corrected chi connectivity index (χ1v) is 5.07. The van der Waals surface area contributed by atoms with E-state index in [1.807, 2.05) is 32.0 Å². The molecule has 1 unspecified atom stereocenters. The molecule has 0 amide bonds. The smallest absolute Gasteiger partial charge is 0.313 e. The number of esters is 1. The third kappa shape index (κ3) is 3.55. The van der Waals surface area contributed by atoms with Gasteiger partial charge in [-0.2, -0.15) is 0 Å². The predicted octanol–water partition coefficient (Wildman–Crippen LogP) is 1.50. The van der Waals surface area contributed by atoms with Crippen LogP contribution in [0.2, 0.25) is 0 Å². The molecule has 0 aromatic heterocycles. The summed E-state index contributed by atoms with van der Waals surface area (Å²) >= 11 is 0. The van der Waals surface area contributed by atoms with Gasteiger partial charge in [-0.25, -0.2) is 0 Å². The molecular formula is C12H19NO3. The van der Waals surface area contributed by atoms with Crippen molar-refractivity contribution in [1.29, 1.82) is 0 Å². The minimum absolute atomic E-state index is 0. The maximum Gasteiger partial charge on any atom is 0.313 e. The number of nitrogens with two attached hydrogens (primary N) is 1. The summed E-state index contributed by atoms with van der Waals surface area (Å²) in [5.41, 5.74) is 7.23. The van der Waals surface area contributed by atoms with E-state index in [0.717, 1.165) is 5.56 Å². The summed E-state index contributed by atoms with van der Waals surface area (Å²) < 4.78 is 5.13. The SMILES string of the molecule is CC(C)OC(=O)C(C)c1ccccc1N.O. The number of benzene rings is 1. The van der Waals surface area contributed by atoms with Gasteiger partial charge in [0.25, 0.3) is 0 Å². The van der Waals surface area contributed by atoms with Crippen molar-refractivity contribution in [2.75, 3.05) is 5.73 Å². The maximum absolute atomic E-state index is 11.6. The van der Waals surface area contributed by atoms with Crippen LogP contribution in [0.5, 0.6) is 0 Å². The van der Waals surface area contributed by atoms with Crippen molar-refractivity contribution in [3.05, 3.63) is 29.8 Å². The van der Waals surface area contributed by atoms with E-state index in [2.05, 4.69) is 0 Å². The molecule has 0 saturated carbocycles. The van der Waals surface area contributed by atoms with Crippen LogP contribution < -0.4 is 5.73 Å². The first kappa shape index (κ1) is 14.5. The lowest BCUT2D eigenvalue weighted by Crippen LogP contribution is -2.18. The summed E-state index contributed by atoms with van der Waals surface area (Å²) in [7, 11) is 0. The van der Waals surface area contributed by atoms with Crippen molar-refractivity contribution >= 4 is 11.7 Å². The molecule has 0 aliphatic rings. The first-order valence-electron chi connectivity index (χ1n) is 5.07. The van der Waals surface area contributed by atoms with Gasteiger partial charge in [-0.05, 0) is 32.4 Å². The minimum atomic E-state index is -0.311. The summed E-state index contributed by atoms with van der Waals surface area (Å²) in [5, 5.41) is 0. The molecule has 0 spiro atoms. The first-order chi connectivity index (χ1) is 7.02. The molecule has 1 aromatic carbocycles. The van der Waals surface area contributed by atoms with Crippen LogP contribution in [-0.4, -0.2) is 17.5 Å². The molecule has 0 bridgehead atoms. The maximum atomic E-state index is 11.6. The molecule has 1 atom stereocenters. The van der Waals surface area contributed by atoms with Crippen LogP contribution in [0.25, 0.3) is 0 Å². The van der Waals surface area contributed by atoms with Gasteiger partial charge in [0.1, 0.15) is 0 Å². The van der Waals surface area contributed by atoms with Gasteiger partial charge in [0, 0.05) is 5.69 Å². The third-order valence-electron chi connectivity index (χ3n) is 2.17. The Bertz CT molecular complexity index is 350. The Morgan fingerprint density at radius 1 is 1.25 bits per heavy atom. The van der Waals surface area contributed by atoms with Crippen molar-refractivity contribution in [1.82, 2.24) is 0 Å². The zero-order chi connectivity index (χ0) is 11.4. The van der Waals surface area contributed by atoms with Crippen LogP contribution in [-0.2, 0) is 9.53 Å². The second-order valence-corrected chi connectivity index (χ2v) is 3.84. The molecule has 0 radical (unpaired) electrons. The second-order valence-electron chi connectivity index (χ2n) is 3.84. The molecule has 4 heteroatoms. The number of rotatable bonds is 3. The number of para-hydroxylation sites is 1. The Kier molecular flexibility index (Phi) is 5.53. The van der Waals surface area contributed by atoms with E-state index < -0.39 is 0 Å². The van der Waals surface area contributed by atoms with Crippen LogP contribution in [0.4, 0.5) is 5.69 Å². The quantitative estimate of drug-likeness (QED) is 0.625. The number of carbonyl (C=O) groups excluding carboxylic acids is 1. The molecule has 0 aliphatic carbocycles. The summed E-state index contributed by atoms with van der Waals surface area (Å²) in [6.45, 7) is 5.47. The highest BCUT2D eigenvalue weighted by Crippen LogP contribution is 2.23. The molecule has 4 N–H and O–H groups in total. The molecule has 0 fully saturated rings. The Balaban J connectivity index is 0.00000225. The molecular weight excluding hydrogens is 206 g/mol. The average Bonchev–Trinajstić information content (AvgIpc) is 2.16. The Morgan fingerprint density at radius 2 is 1.81 bits per heavy atom. The zero-order valence-corrected chi connectivity index (χ0v) is 9.86. The summed E-state index contributed by atoms with van der Waals surface area (Å²) in [4.78, 5) is 11.6. The molecule has 0 aliphatic heterocycles. The number of hydrogen-bond acceptors (Lipinski definition) is 3. The minimum Gasteiger partial charge on any atom is -0.463 e. The van der Waals surface area contributed by atoms with E-state index in [1.165, 1.54) is 0 Å². The van der Waals surface area contributed by atoms with E-state index in [0.29, 0.717) is 5.69 Å². The predicted molar refractivity (Wildman–Crippen MR) is 64.1 cm³/mol. The van der Waals surface area contributed by atoms with Crippen molar-refractivity contribution in [2.45, 2.75) is 32.8 Å². The van der Waals surface area contributed by atoms with Crippen LogP contribution in [0.1, 0.15) is 32.3 Å². The van der Waals surface area contributed by atoms with Gasteiger partial charge in [0.05, 0.1) is 12.0 Å². The van der Waals surface area contributed by atoms with Gasteiger partial charge >= 0.3 is 5.97 Å². The van der Waals surface area contributed by atoms with Crippen LogP contribution in [0.15, 0.2) is 24.3 Å². The third-order valence-corrected chi connectivity index (χ3v) is 2.17. The highest BCUT2D eigenvalue weighted by Gasteiger charge is 2.19. The lowest BCUT2D eigenvalue weighted by atomic mass is 10.00. The van der Waals surface area contributed by atoms with E-state index >= 15 is 0 Å². The zero-order valence-electron chi connectivity index (χ0n) is 9.86. The Morgan fingerprint density at radius 3 is 2.31 bits per heavy atom. The monoisotopic (exact) mass is 225 g/mol. The topological polar surface area (TPSA) is 83.8 Å². The number of ether oxygens (including phenoxy) is 1. The molecule has 90 valence electrons. The van der Waals surface area contributed by atoms with E-state index in [-0.39, 0.29) is 23.5 Å². The molecule has 0 saturated heterocycles. The van der Waals surface area contributed by atoms with Gasteiger partial charge in [-0.3, -0.25) is 4.79 Å². The summed E-state index contributed by atoms with van der Waals surface area (Å²) in [6.07, 6.45) is -0.0927. The summed E-state index contributed by atoms with van der Waals surface area (Å²) in [5.74, 6) is -0.545. The normalized spacial score (nSPS) is 11.8. The number of nitrogen functional groups attached to an aromatic ring is 1. The van der Waals surface area contributed by atoms with Gasteiger partial charge in [0.15, 0.2) is 0 Å². The lowest BCUT2D eigenvalue weighted by Gasteiger charge is -2.15. The largest absolute Gasteiger partial charge is 0.463 e. The van der Waals surface area contributed by atoms with Crippen molar-refractivity contribution in [3.63, 3.8) is 0 Å². The Labute approximate surface area is 95.7 Å². The number of carbonyl (C=O) groups is 1. The van der Waals surface area contributed by atoms with Gasteiger partial charge in [0.2, 0.25) is 0 Å². The fraction of sp³-hybridized carbons (Fsp3) is 0.417. The number of anilines is 1. The molecule has 16 heavy (non-hydrogen) atoms. The van der Waals surface area contributed by atoms with Gasteiger partial charge in [-0.15, -0.1) is 0 Å². The molecule has 1 aromatic rings. The van der Waals surface area contributed by atoms with Crippen molar-refractivity contribution in [2.24, 2.45) is 0 Å². The van der Waals surface area contributed by atoms with Crippen molar-refractivity contribution < 1.29 is 15.0 Å². The average molecular weight is 225 g/mol. The van der Waals surface area contributed by atoms with Crippen LogP contribution in [0, 0.1) is 0 Å². The fourth-order valence-electron chi connectivity index (χ4n) is 1.37. The van der Waals surface area contributed by atoms with Crippen LogP contribution in [0.3, 0.4) is 0 Å². The highest BCUT2D eigenvalue weighted by atomic mass is 16.5. The standard InChI is InChI=1S/C12H17NO2.H2O/c1-8(2)15-12(14)9(3)10-6-4-5-7-11(10)13;/h4-9H,13H2,1-3H3;1H2. The number of hydrogen-bond donors (Lipinski definition) is 1. The van der Waals surface area contributed by atoms with Crippen molar-refractivity contribution in [3.8, 4) is 0 Å². The second kappa shape index (κ2) is 6.12. The molecule has 4 nitrogen and oxygen atoms in total. The highest BCUT2D eigenvalue weighted by molar-refractivity contribution is 5.80.